The van der Waals surface area contributed by atoms with Crippen LogP contribution in [0.2, 0.25) is 0 Å². The minimum Gasteiger partial charge on any atom is -0.482 e. The fraction of sp³-hybridized carbons (Fsp3) is 0.350. The van der Waals surface area contributed by atoms with Crippen LogP contribution in [0.15, 0.2) is 47.1 Å². The van der Waals surface area contributed by atoms with E-state index < -0.39 is 18.0 Å². The molecule has 2 amide bonds. The first-order valence-corrected chi connectivity index (χ1v) is 8.97. The number of nitrogens with one attached hydrogen (secondary N) is 1. The van der Waals surface area contributed by atoms with E-state index in [0.29, 0.717) is 17.2 Å². The van der Waals surface area contributed by atoms with Gasteiger partial charge in [-0.15, -0.1) is 0 Å². The predicted octanol–water partition coefficient (Wildman–Crippen LogP) is 1.89. The first-order chi connectivity index (χ1) is 13.5. The summed E-state index contributed by atoms with van der Waals surface area (Å²) in [5.41, 5.74) is 0.499. The van der Waals surface area contributed by atoms with Crippen molar-refractivity contribution in [2.24, 2.45) is 5.92 Å². The highest BCUT2D eigenvalue weighted by Gasteiger charge is 2.31. The van der Waals surface area contributed by atoms with Crippen LogP contribution in [0.3, 0.4) is 0 Å². The van der Waals surface area contributed by atoms with Gasteiger partial charge in [0.1, 0.15) is 18.1 Å². The molecule has 8 heteroatoms. The number of carbonyl (C=O) groups is 3. The number of fused-ring (bicyclic) bond motifs is 1. The van der Waals surface area contributed by atoms with E-state index in [1.165, 1.54) is 11.2 Å². The van der Waals surface area contributed by atoms with Crippen LogP contribution in [0, 0.1) is 5.92 Å². The Morgan fingerprint density at radius 1 is 1.21 bits per heavy atom. The van der Waals surface area contributed by atoms with E-state index in [2.05, 4.69) is 5.32 Å². The second-order valence-electron chi connectivity index (χ2n) is 6.69. The molecular weight excluding hydrogens is 364 g/mol. The Kier molecular flexibility index (Phi) is 5.98. The molecule has 0 bridgehead atoms. The van der Waals surface area contributed by atoms with Crippen molar-refractivity contribution in [1.29, 1.82) is 0 Å². The highest BCUT2D eigenvalue weighted by Crippen LogP contribution is 2.31. The lowest BCUT2D eigenvalue weighted by molar-refractivity contribution is -0.157. The smallest absolute Gasteiger partial charge is 0.326 e. The number of esters is 1. The van der Waals surface area contributed by atoms with Crippen molar-refractivity contribution in [2.45, 2.75) is 26.5 Å². The molecular formula is C20H22N2O6. The molecule has 1 aromatic carbocycles. The summed E-state index contributed by atoms with van der Waals surface area (Å²) in [5.74, 6) is -0.568. The van der Waals surface area contributed by atoms with Crippen LogP contribution in [0.5, 0.6) is 5.75 Å². The van der Waals surface area contributed by atoms with E-state index in [-0.39, 0.29) is 31.5 Å². The lowest BCUT2D eigenvalue weighted by Gasteiger charge is -2.29. The molecule has 2 heterocycles. The molecule has 8 nitrogen and oxygen atoms in total. The number of carbonyl (C=O) groups excluding carboxylic acids is 3. The van der Waals surface area contributed by atoms with Gasteiger partial charge in [0.25, 0.3) is 11.8 Å². The number of anilines is 1. The normalized spacial score (nSPS) is 14.2. The molecule has 0 spiro atoms. The molecule has 28 heavy (non-hydrogen) atoms. The highest BCUT2D eigenvalue weighted by atomic mass is 16.5. The number of amides is 2. The summed E-state index contributed by atoms with van der Waals surface area (Å²) in [6.07, 6.45) is 0.535. The largest absolute Gasteiger partial charge is 0.482 e. The van der Waals surface area contributed by atoms with Crippen molar-refractivity contribution in [3.63, 3.8) is 0 Å². The Bertz CT molecular complexity index is 846. The molecule has 0 unspecified atom stereocenters. The van der Waals surface area contributed by atoms with Crippen molar-refractivity contribution in [2.75, 3.05) is 18.1 Å². The summed E-state index contributed by atoms with van der Waals surface area (Å²) < 4.78 is 15.9. The zero-order chi connectivity index (χ0) is 20.1. The summed E-state index contributed by atoms with van der Waals surface area (Å²) in [6, 6.07) is 10.4. The molecule has 1 aliphatic rings. The molecule has 0 radical (unpaired) electrons. The Morgan fingerprint density at radius 3 is 2.71 bits per heavy atom. The molecule has 0 saturated heterocycles. The topological polar surface area (TPSA) is 98.1 Å². The quantitative estimate of drug-likeness (QED) is 0.730. The number of hydrogen-bond donors (Lipinski definition) is 1. The number of nitrogens with zero attached hydrogens (tertiary/aromatic N) is 1. The van der Waals surface area contributed by atoms with Gasteiger partial charge in [-0.1, -0.05) is 26.0 Å². The molecule has 2 aromatic rings. The Balaban J connectivity index is 1.63. The number of hydrogen-bond acceptors (Lipinski definition) is 6. The third-order valence-corrected chi connectivity index (χ3v) is 4.23. The summed E-state index contributed by atoms with van der Waals surface area (Å²) in [5, 5.41) is 2.69. The van der Waals surface area contributed by atoms with Crippen molar-refractivity contribution in [1.82, 2.24) is 5.32 Å². The summed E-state index contributed by atoms with van der Waals surface area (Å²) in [7, 11) is 0. The van der Waals surface area contributed by atoms with E-state index in [1.54, 1.807) is 50.2 Å². The van der Waals surface area contributed by atoms with Crippen LogP contribution in [-0.4, -0.2) is 37.0 Å². The molecule has 0 fully saturated rings. The van der Waals surface area contributed by atoms with Gasteiger partial charge in [0, 0.05) is 0 Å². The first-order valence-electron chi connectivity index (χ1n) is 8.97. The fourth-order valence-electron chi connectivity index (χ4n) is 2.82. The van der Waals surface area contributed by atoms with Gasteiger partial charge < -0.3 is 19.2 Å². The monoisotopic (exact) mass is 386 g/mol. The molecule has 1 N–H and O–H groups in total. The van der Waals surface area contributed by atoms with Crippen LogP contribution in [0.4, 0.5) is 5.69 Å². The third-order valence-electron chi connectivity index (χ3n) is 4.23. The molecule has 3 rings (SSSR count). The lowest BCUT2D eigenvalue weighted by atomic mass is 10.1. The SMILES string of the molecule is CC(C)[C@@H](OC(=O)CN1C(=O)COc2ccccc21)C(=O)NCc1ccco1. The minimum absolute atomic E-state index is 0.151. The average molecular weight is 386 g/mol. The minimum atomic E-state index is -0.978. The molecule has 1 aliphatic heterocycles. The maximum absolute atomic E-state index is 12.5. The van der Waals surface area contributed by atoms with Gasteiger partial charge in [-0.3, -0.25) is 19.3 Å². The van der Waals surface area contributed by atoms with Crippen molar-refractivity contribution < 1.29 is 28.3 Å². The van der Waals surface area contributed by atoms with Crippen molar-refractivity contribution >= 4 is 23.5 Å². The number of furan rings is 1. The van der Waals surface area contributed by atoms with Gasteiger partial charge in [0.15, 0.2) is 12.7 Å². The van der Waals surface area contributed by atoms with Gasteiger partial charge in [-0.05, 0) is 30.2 Å². The van der Waals surface area contributed by atoms with E-state index in [0.717, 1.165) is 0 Å². The molecule has 148 valence electrons. The second kappa shape index (κ2) is 8.60. The van der Waals surface area contributed by atoms with Crippen LogP contribution < -0.4 is 15.0 Å². The predicted molar refractivity (Wildman–Crippen MR) is 99.6 cm³/mol. The Hall–Kier alpha value is -3.29. The number of benzene rings is 1. The van der Waals surface area contributed by atoms with E-state index >= 15 is 0 Å². The van der Waals surface area contributed by atoms with E-state index in [9.17, 15) is 14.4 Å². The molecule has 1 aromatic heterocycles. The number of ether oxygens (including phenoxy) is 2. The summed E-state index contributed by atoms with van der Waals surface area (Å²) in [4.78, 5) is 38.4. The highest BCUT2D eigenvalue weighted by molar-refractivity contribution is 6.01. The third kappa shape index (κ3) is 4.51. The van der Waals surface area contributed by atoms with Gasteiger partial charge >= 0.3 is 5.97 Å². The number of para-hydroxylation sites is 2. The zero-order valence-corrected chi connectivity index (χ0v) is 15.7. The van der Waals surface area contributed by atoms with Crippen LogP contribution >= 0.6 is 0 Å². The molecule has 1 atom stereocenters. The van der Waals surface area contributed by atoms with Gasteiger partial charge in [-0.2, -0.15) is 0 Å². The maximum Gasteiger partial charge on any atom is 0.326 e. The number of rotatable bonds is 7. The van der Waals surface area contributed by atoms with E-state index in [4.69, 9.17) is 13.9 Å². The van der Waals surface area contributed by atoms with Crippen molar-refractivity contribution in [3.8, 4) is 5.75 Å². The Morgan fingerprint density at radius 2 is 2.00 bits per heavy atom. The zero-order valence-electron chi connectivity index (χ0n) is 15.7. The standard InChI is InChI=1S/C20H22N2O6/c1-13(2)19(20(25)21-10-14-6-5-9-26-14)28-18(24)11-22-15-7-3-4-8-16(15)27-12-17(22)23/h3-9,13,19H,10-12H2,1-2H3,(H,21,25)/t19-/m1/s1. The van der Waals surface area contributed by atoms with Crippen LogP contribution in [-0.2, 0) is 25.7 Å². The lowest BCUT2D eigenvalue weighted by Crippen LogP contribution is -2.45. The van der Waals surface area contributed by atoms with Crippen LogP contribution in [0.1, 0.15) is 19.6 Å². The second-order valence-corrected chi connectivity index (χ2v) is 6.69. The average Bonchev–Trinajstić information content (AvgIpc) is 3.20. The van der Waals surface area contributed by atoms with Gasteiger partial charge in [0.05, 0.1) is 18.5 Å². The molecule has 0 saturated carbocycles. The van der Waals surface area contributed by atoms with Crippen molar-refractivity contribution in [3.05, 3.63) is 48.4 Å². The Labute approximate surface area is 162 Å². The summed E-state index contributed by atoms with van der Waals surface area (Å²) in [6.45, 7) is 3.30. The fourth-order valence-corrected chi connectivity index (χ4v) is 2.82. The maximum atomic E-state index is 12.5. The summed E-state index contributed by atoms with van der Waals surface area (Å²) >= 11 is 0. The first kappa shape index (κ1) is 19.5. The van der Waals surface area contributed by atoms with Gasteiger partial charge in [0.2, 0.25) is 0 Å². The van der Waals surface area contributed by atoms with Crippen LogP contribution in [0.25, 0.3) is 0 Å². The molecule has 0 aliphatic carbocycles. The van der Waals surface area contributed by atoms with E-state index in [1.807, 2.05) is 0 Å². The van der Waals surface area contributed by atoms with Gasteiger partial charge in [-0.25, -0.2) is 0 Å².